The molecular weight excluding hydrogens is 410 g/mol. The average Bonchev–Trinajstić information content (AvgIpc) is 3.47. The van der Waals surface area contributed by atoms with Gasteiger partial charge in [0.2, 0.25) is 0 Å². The number of halogens is 1. The van der Waals surface area contributed by atoms with Gasteiger partial charge in [0.05, 0.1) is 16.6 Å². The standard InChI is InChI=1S/C25H20ClN3O2/c1-29-19-10-13(14-8-9-27-12-14)6-7-16(19)21-20(29)11-17(15-4-2-3-5-18(15)26)22-23(21)25(31)28-24(22)30/h2-7,10-11,14,27H,8-9,12H2,1H3,(H,28,30,31). The van der Waals surface area contributed by atoms with Crippen molar-refractivity contribution in [2.45, 2.75) is 12.3 Å². The first-order valence-electron chi connectivity index (χ1n) is 10.4. The lowest BCUT2D eigenvalue weighted by molar-refractivity contribution is 0.0880. The number of carbonyl (C=O) groups is 2. The van der Waals surface area contributed by atoms with Gasteiger partial charge in [-0.15, -0.1) is 0 Å². The zero-order valence-electron chi connectivity index (χ0n) is 17.0. The highest BCUT2D eigenvalue weighted by Gasteiger charge is 2.34. The third kappa shape index (κ3) is 2.60. The van der Waals surface area contributed by atoms with Gasteiger partial charge in [-0.05, 0) is 48.2 Å². The molecule has 0 aliphatic carbocycles. The smallest absolute Gasteiger partial charge is 0.259 e. The number of fused-ring (bicyclic) bond motifs is 5. The average molecular weight is 430 g/mol. The van der Waals surface area contributed by atoms with E-state index in [9.17, 15) is 9.59 Å². The van der Waals surface area contributed by atoms with Crippen molar-refractivity contribution in [3.05, 3.63) is 70.2 Å². The number of carbonyl (C=O) groups excluding carboxylic acids is 2. The molecule has 2 amide bonds. The van der Waals surface area contributed by atoms with Gasteiger partial charge in [-0.2, -0.15) is 0 Å². The molecular formula is C25H20ClN3O2. The largest absolute Gasteiger partial charge is 0.344 e. The summed E-state index contributed by atoms with van der Waals surface area (Å²) >= 11 is 6.48. The Labute approximate surface area is 184 Å². The molecule has 3 aromatic carbocycles. The molecule has 0 spiro atoms. The van der Waals surface area contributed by atoms with Crippen LogP contribution in [0.4, 0.5) is 0 Å². The van der Waals surface area contributed by atoms with Gasteiger partial charge in [-0.25, -0.2) is 0 Å². The van der Waals surface area contributed by atoms with E-state index in [1.807, 2.05) is 31.3 Å². The van der Waals surface area contributed by atoms with Crippen LogP contribution in [0.2, 0.25) is 5.02 Å². The van der Waals surface area contributed by atoms with Crippen molar-refractivity contribution >= 4 is 45.2 Å². The van der Waals surface area contributed by atoms with Gasteiger partial charge < -0.3 is 9.88 Å². The van der Waals surface area contributed by atoms with Crippen molar-refractivity contribution in [1.29, 1.82) is 0 Å². The van der Waals surface area contributed by atoms with Crippen LogP contribution < -0.4 is 10.6 Å². The van der Waals surface area contributed by atoms with E-state index in [1.165, 1.54) is 5.56 Å². The molecule has 1 fully saturated rings. The van der Waals surface area contributed by atoms with Crippen LogP contribution in [0.3, 0.4) is 0 Å². The Morgan fingerprint density at radius 3 is 2.55 bits per heavy atom. The zero-order valence-corrected chi connectivity index (χ0v) is 17.7. The first-order chi connectivity index (χ1) is 15.0. The molecule has 2 N–H and O–H groups in total. The number of amides is 2. The molecule has 31 heavy (non-hydrogen) atoms. The number of benzene rings is 3. The third-order valence-electron chi connectivity index (χ3n) is 6.70. The Kier molecular flexibility index (Phi) is 4.01. The highest BCUT2D eigenvalue weighted by atomic mass is 35.5. The molecule has 1 atom stereocenters. The van der Waals surface area contributed by atoms with Gasteiger partial charge in [-0.3, -0.25) is 14.9 Å². The van der Waals surface area contributed by atoms with Gasteiger partial charge in [-0.1, -0.05) is 41.9 Å². The maximum atomic E-state index is 12.9. The SMILES string of the molecule is Cn1c2cc(C3CCNC3)ccc2c2c3c(c(-c4ccccc4Cl)cc21)C(=O)NC3=O. The summed E-state index contributed by atoms with van der Waals surface area (Å²) in [5.74, 6) is -0.227. The van der Waals surface area contributed by atoms with Gasteiger partial charge in [0.25, 0.3) is 11.8 Å². The predicted molar refractivity (Wildman–Crippen MR) is 123 cm³/mol. The van der Waals surface area contributed by atoms with E-state index in [-0.39, 0.29) is 11.8 Å². The van der Waals surface area contributed by atoms with Crippen LogP contribution in [0.1, 0.15) is 38.6 Å². The van der Waals surface area contributed by atoms with Gasteiger partial charge >= 0.3 is 0 Å². The van der Waals surface area contributed by atoms with E-state index < -0.39 is 0 Å². The first-order valence-corrected chi connectivity index (χ1v) is 10.8. The Balaban J connectivity index is 1.71. The van der Waals surface area contributed by atoms with Gasteiger partial charge in [0.1, 0.15) is 0 Å². The molecule has 6 heteroatoms. The van der Waals surface area contributed by atoms with Crippen molar-refractivity contribution < 1.29 is 9.59 Å². The summed E-state index contributed by atoms with van der Waals surface area (Å²) in [4.78, 5) is 25.7. The van der Waals surface area contributed by atoms with Crippen LogP contribution in [0.5, 0.6) is 0 Å². The summed E-state index contributed by atoms with van der Waals surface area (Å²) in [5.41, 5.74) is 5.55. The number of imide groups is 1. The van der Waals surface area contributed by atoms with Crippen molar-refractivity contribution in [2.75, 3.05) is 13.1 Å². The topological polar surface area (TPSA) is 63.1 Å². The van der Waals surface area contributed by atoms with Crippen LogP contribution >= 0.6 is 11.6 Å². The van der Waals surface area contributed by atoms with E-state index >= 15 is 0 Å². The lowest BCUT2D eigenvalue weighted by atomic mass is 9.92. The Morgan fingerprint density at radius 2 is 1.77 bits per heavy atom. The number of aryl methyl sites for hydroxylation is 1. The molecule has 6 rings (SSSR count). The lowest BCUT2D eigenvalue weighted by Gasteiger charge is -2.10. The first kappa shape index (κ1) is 18.6. The second-order valence-electron chi connectivity index (χ2n) is 8.36. The monoisotopic (exact) mass is 429 g/mol. The van der Waals surface area contributed by atoms with Crippen molar-refractivity contribution in [2.24, 2.45) is 7.05 Å². The maximum Gasteiger partial charge on any atom is 0.259 e. The van der Waals surface area contributed by atoms with Gasteiger partial charge in [0.15, 0.2) is 0 Å². The number of hydrogen-bond donors (Lipinski definition) is 2. The summed E-state index contributed by atoms with van der Waals surface area (Å²) in [6.07, 6.45) is 1.12. The molecule has 4 aromatic rings. The fourth-order valence-electron chi connectivity index (χ4n) is 5.15. The number of rotatable bonds is 2. The number of nitrogens with zero attached hydrogens (tertiary/aromatic N) is 1. The Hall–Kier alpha value is -3.15. The molecule has 0 saturated carbocycles. The van der Waals surface area contributed by atoms with E-state index in [4.69, 9.17) is 11.6 Å². The van der Waals surface area contributed by atoms with Gasteiger partial charge in [0, 0.05) is 40.5 Å². The van der Waals surface area contributed by atoms with Crippen LogP contribution in [0.25, 0.3) is 32.9 Å². The molecule has 154 valence electrons. The fraction of sp³-hybridized carbons (Fsp3) is 0.200. The molecule has 3 heterocycles. The minimum Gasteiger partial charge on any atom is -0.344 e. The summed E-state index contributed by atoms with van der Waals surface area (Å²) < 4.78 is 2.12. The van der Waals surface area contributed by atoms with Crippen LogP contribution in [0, 0.1) is 0 Å². The van der Waals surface area contributed by atoms with E-state index in [2.05, 4.69) is 33.4 Å². The van der Waals surface area contributed by atoms with E-state index in [0.717, 1.165) is 46.9 Å². The second kappa shape index (κ2) is 6.67. The normalized spacial score (nSPS) is 18.2. The zero-order chi connectivity index (χ0) is 21.3. The summed E-state index contributed by atoms with van der Waals surface area (Å²) in [5, 5.41) is 8.28. The molecule has 1 saturated heterocycles. The highest BCUT2D eigenvalue weighted by Crippen LogP contribution is 2.42. The van der Waals surface area contributed by atoms with Crippen molar-refractivity contribution in [3.63, 3.8) is 0 Å². The summed E-state index contributed by atoms with van der Waals surface area (Å²) in [7, 11) is 2.01. The predicted octanol–water partition coefficient (Wildman–Crippen LogP) is 4.61. The summed E-state index contributed by atoms with van der Waals surface area (Å²) in [6, 6.07) is 15.9. The quantitative estimate of drug-likeness (QED) is 0.457. The summed E-state index contributed by atoms with van der Waals surface area (Å²) in [6.45, 7) is 2.02. The minimum atomic E-state index is -0.373. The van der Waals surface area contributed by atoms with E-state index in [1.54, 1.807) is 6.07 Å². The number of nitrogens with one attached hydrogen (secondary N) is 2. The maximum absolute atomic E-state index is 12.9. The Bertz CT molecular complexity index is 1430. The molecule has 5 nitrogen and oxygen atoms in total. The van der Waals surface area contributed by atoms with Crippen molar-refractivity contribution in [3.8, 4) is 11.1 Å². The second-order valence-corrected chi connectivity index (χ2v) is 8.76. The minimum absolute atomic E-state index is 0.351. The molecule has 1 aromatic heterocycles. The number of hydrogen-bond acceptors (Lipinski definition) is 3. The number of aromatic nitrogens is 1. The highest BCUT2D eigenvalue weighted by molar-refractivity contribution is 6.36. The van der Waals surface area contributed by atoms with Crippen LogP contribution in [-0.2, 0) is 7.05 Å². The molecule has 2 aliphatic rings. The molecule has 0 bridgehead atoms. The van der Waals surface area contributed by atoms with E-state index in [0.29, 0.717) is 27.6 Å². The molecule has 2 aliphatic heterocycles. The fourth-order valence-corrected chi connectivity index (χ4v) is 5.39. The van der Waals surface area contributed by atoms with Crippen LogP contribution in [-0.4, -0.2) is 29.5 Å². The lowest BCUT2D eigenvalue weighted by Crippen LogP contribution is -2.20. The molecule has 0 radical (unpaired) electrons. The van der Waals surface area contributed by atoms with Crippen molar-refractivity contribution in [1.82, 2.24) is 15.2 Å². The molecule has 1 unspecified atom stereocenters. The Morgan fingerprint density at radius 1 is 0.968 bits per heavy atom. The van der Waals surface area contributed by atoms with Crippen LogP contribution in [0.15, 0.2) is 48.5 Å². The third-order valence-corrected chi connectivity index (χ3v) is 7.03.